The van der Waals surface area contributed by atoms with Gasteiger partial charge in [0.2, 0.25) is 11.8 Å². The normalized spacial score (nSPS) is 17.0. The molecule has 0 aromatic heterocycles. The Bertz CT molecular complexity index is 853. The van der Waals surface area contributed by atoms with Gasteiger partial charge >= 0.3 is 0 Å². The number of aryl methyl sites for hydroxylation is 2. The molecule has 1 heterocycles. The summed E-state index contributed by atoms with van der Waals surface area (Å²) in [5, 5.41) is 2.58. The molecule has 130 valence electrons. The van der Waals surface area contributed by atoms with E-state index in [0.717, 1.165) is 16.8 Å². The molecule has 2 aromatic carbocycles. The molecule has 1 N–H and O–H groups in total. The molecule has 25 heavy (non-hydrogen) atoms. The van der Waals surface area contributed by atoms with Crippen molar-refractivity contribution in [3.8, 4) is 0 Å². The van der Waals surface area contributed by atoms with Gasteiger partial charge in [0, 0.05) is 23.1 Å². The highest BCUT2D eigenvalue weighted by Crippen LogP contribution is 2.30. The molecule has 2 aromatic rings. The first-order valence-corrected chi connectivity index (χ1v) is 8.78. The molecule has 1 saturated heterocycles. The summed E-state index contributed by atoms with van der Waals surface area (Å²) >= 11 is 3.18. The van der Waals surface area contributed by atoms with Gasteiger partial charge in [-0.15, -0.1) is 0 Å². The summed E-state index contributed by atoms with van der Waals surface area (Å²) in [6.07, 6.45) is 0.122. The van der Waals surface area contributed by atoms with Crippen LogP contribution in [0.3, 0.4) is 0 Å². The van der Waals surface area contributed by atoms with Crippen molar-refractivity contribution in [2.75, 3.05) is 16.8 Å². The fourth-order valence-corrected chi connectivity index (χ4v) is 3.29. The lowest BCUT2D eigenvalue weighted by Gasteiger charge is -2.19. The second-order valence-electron chi connectivity index (χ2n) is 6.31. The first-order chi connectivity index (χ1) is 11.8. The molecular weight excluding hydrogens is 387 g/mol. The topological polar surface area (TPSA) is 49.4 Å². The summed E-state index contributed by atoms with van der Waals surface area (Å²) < 4.78 is 14.5. The van der Waals surface area contributed by atoms with Crippen LogP contribution in [0, 0.1) is 25.6 Å². The van der Waals surface area contributed by atoms with E-state index in [1.807, 2.05) is 32.0 Å². The Hall–Kier alpha value is -2.21. The average molecular weight is 405 g/mol. The van der Waals surface area contributed by atoms with Crippen LogP contribution < -0.4 is 10.2 Å². The van der Waals surface area contributed by atoms with Crippen LogP contribution in [0.2, 0.25) is 0 Å². The number of carbonyl (C=O) groups is 2. The third-order valence-corrected chi connectivity index (χ3v) is 4.83. The van der Waals surface area contributed by atoms with Crippen molar-refractivity contribution in [1.29, 1.82) is 0 Å². The minimum atomic E-state index is -0.515. The SMILES string of the molecule is Cc1ccc(C)c(N2CC(C(=O)Nc3ccc(Br)cc3F)CC2=O)c1. The smallest absolute Gasteiger partial charge is 0.229 e. The first kappa shape index (κ1) is 17.6. The lowest BCUT2D eigenvalue weighted by Crippen LogP contribution is -2.28. The molecule has 1 aliphatic rings. The molecule has 0 radical (unpaired) electrons. The van der Waals surface area contributed by atoms with Gasteiger partial charge in [0.15, 0.2) is 0 Å². The van der Waals surface area contributed by atoms with Crippen LogP contribution in [0.5, 0.6) is 0 Å². The monoisotopic (exact) mass is 404 g/mol. The second kappa shape index (κ2) is 6.96. The van der Waals surface area contributed by atoms with E-state index in [-0.39, 0.29) is 23.9 Å². The second-order valence-corrected chi connectivity index (χ2v) is 7.22. The Labute approximate surface area is 154 Å². The maximum absolute atomic E-state index is 13.9. The summed E-state index contributed by atoms with van der Waals surface area (Å²) in [6, 6.07) is 10.3. The molecule has 6 heteroatoms. The number of nitrogens with one attached hydrogen (secondary N) is 1. The van der Waals surface area contributed by atoms with Crippen LogP contribution in [0.25, 0.3) is 0 Å². The van der Waals surface area contributed by atoms with Gasteiger partial charge in [0.05, 0.1) is 11.6 Å². The van der Waals surface area contributed by atoms with Crippen LogP contribution in [0.4, 0.5) is 15.8 Å². The van der Waals surface area contributed by atoms with Crippen molar-refractivity contribution in [1.82, 2.24) is 0 Å². The maximum atomic E-state index is 13.9. The Morgan fingerprint density at radius 3 is 2.72 bits per heavy atom. The van der Waals surface area contributed by atoms with Gasteiger partial charge in [0.25, 0.3) is 0 Å². The molecule has 1 atom stereocenters. The van der Waals surface area contributed by atoms with Crippen LogP contribution in [-0.4, -0.2) is 18.4 Å². The number of benzene rings is 2. The molecule has 0 aliphatic carbocycles. The third-order valence-electron chi connectivity index (χ3n) is 4.34. The van der Waals surface area contributed by atoms with E-state index in [1.54, 1.807) is 11.0 Å². The average Bonchev–Trinajstić information content (AvgIpc) is 2.94. The van der Waals surface area contributed by atoms with Crippen molar-refractivity contribution in [2.24, 2.45) is 5.92 Å². The van der Waals surface area contributed by atoms with E-state index in [1.165, 1.54) is 12.1 Å². The molecule has 0 spiro atoms. The Morgan fingerprint density at radius 1 is 1.24 bits per heavy atom. The highest BCUT2D eigenvalue weighted by Gasteiger charge is 2.35. The number of amides is 2. The van der Waals surface area contributed by atoms with Crippen molar-refractivity contribution in [3.63, 3.8) is 0 Å². The summed E-state index contributed by atoms with van der Waals surface area (Å²) in [5.41, 5.74) is 2.98. The predicted molar refractivity (Wildman–Crippen MR) is 99.1 cm³/mol. The van der Waals surface area contributed by atoms with Crippen molar-refractivity contribution in [3.05, 3.63) is 57.8 Å². The van der Waals surface area contributed by atoms with Gasteiger partial charge in [-0.2, -0.15) is 0 Å². The maximum Gasteiger partial charge on any atom is 0.229 e. The van der Waals surface area contributed by atoms with Crippen LogP contribution in [-0.2, 0) is 9.59 Å². The van der Waals surface area contributed by atoms with E-state index < -0.39 is 11.7 Å². The number of rotatable bonds is 3. The number of hydrogen-bond acceptors (Lipinski definition) is 2. The Morgan fingerprint density at radius 2 is 2.00 bits per heavy atom. The zero-order valence-corrected chi connectivity index (χ0v) is 15.6. The molecule has 0 bridgehead atoms. The zero-order chi connectivity index (χ0) is 18.1. The van der Waals surface area contributed by atoms with Crippen LogP contribution in [0.15, 0.2) is 40.9 Å². The largest absolute Gasteiger partial charge is 0.323 e. The minimum Gasteiger partial charge on any atom is -0.323 e. The third kappa shape index (κ3) is 3.74. The Kier molecular flexibility index (Phi) is 4.90. The number of nitrogens with zero attached hydrogens (tertiary/aromatic N) is 1. The van der Waals surface area contributed by atoms with Crippen LogP contribution >= 0.6 is 15.9 Å². The predicted octanol–water partition coefficient (Wildman–Crippen LogP) is 4.20. The summed E-state index contributed by atoms with van der Waals surface area (Å²) in [6.45, 7) is 4.20. The summed E-state index contributed by atoms with van der Waals surface area (Å²) in [4.78, 5) is 26.5. The number of carbonyl (C=O) groups excluding carboxylic acids is 2. The minimum absolute atomic E-state index is 0.0925. The van der Waals surface area contributed by atoms with Gasteiger partial charge in [-0.05, 0) is 49.2 Å². The number of anilines is 2. The van der Waals surface area contributed by atoms with Crippen molar-refractivity contribution < 1.29 is 14.0 Å². The van der Waals surface area contributed by atoms with E-state index in [2.05, 4.69) is 21.2 Å². The molecule has 1 aliphatic heterocycles. The van der Waals surface area contributed by atoms with Crippen molar-refractivity contribution in [2.45, 2.75) is 20.3 Å². The van der Waals surface area contributed by atoms with Gasteiger partial charge in [-0.25, -0.2) is 4.39 Å². The molecule has 1 fully saturated rings. The van der Waals surface area contributed by atoms with Gasteiger partial charge in [-0.1, -0.05) is 28.1 Å². The molecule has 4 nitrogen and oxygen atoms in total. The Balaban J connectivity index is 1.75. The van der Waals surface area contributed by atoms with Gasteiger partial charge in [-0.3, -0.25) is 9.59 Å². The van der Waals surface area contributed by atoms with E-state index in [4.69, 9.17) is 0 Å². The van der Waals surface area contributed by atoms with Gasteiger partial charge in [0.1, 0.15) is 5.82 Å². The lowest BCUT2D eigenvalue weighted by molar-refractivity contribution is -0.122. The molecule has 3 rings (SSSR count). The standard InChI is InChI=1S/C19H18BrFN2O2/c1-11-3-4-12(2)17(7-11)23-10-13(8-18(23)24)19(25)22-16-6-5-14(20)9-15(16)21/h3-7,9,13H,8,10H2,1-2H3,(H,22,25). The molecule has 2 amide bonds. The summed E-state index contributed by atoms with van der Waals surface area (Å²) in [7, 11) is 0. The molecular formula is C19H18BrFN2O2. The van der Waals surface area contributed by atoms with E-state index in [9.17, 15) is 14.0 Å². The highest BCUT2D eigenvalue weighted by atomic mass is 79.9. The molecule has 1 unspecified atom stereocenters. The fraction of sp³-hybridized carbons (Fsp3) is 0.263. The fourth-order valence-electron chi connectivity index (χ4n) is 2.95. The molecule has 0 saturated carbocycles. The summed E-state index contributed by atoms with van der Waals surface area (Å²) in [5.74, 6) is -1.46. The quantitative estimate of drug-likeness (QED) is 0.833. The highest BCUT2D eigenvalue weighted by molar-refractivity contribution is 9.10. The van der Waals surface area contributed by atoms with Gasteiger partial charge < -0.3 is 10.2 Å². The van der Waals surface area contributed by atoms with E-state index in [0.29, 0.717) is 11.0 Å². The van der Waals surface area contributed by atoms with Crippen LogP contribution in [0.1, 0.15) is 17.5 Å². The lowest BCUT2D eigenvalue weighted by atomic mass is 10.1. The van der Waals surface area contributed by atoms with Crippen molar-refractivity contribution >= 4 is 39.1 Å². The first-order valence-electron chi connectivity index (χ1n) is 7.98. The number of halogens is 2. The van der Waals surface area contributed by atoms with E-state index >= 15 is 0 Å². The zero-order valence-electron chi connectivity index (χ0n) is 14.0. The number of hydrogen-bond donors (Lipinski definition) is 1.